The van der Waals surface area contributed by atoms with E-state index in [9.17, 15) is 8.78 Å². The molecule has 2 aromatic carbocycles. The zero-order valence-corrected chi connectivity index (χ0v) is 32.7. The molecule has 0 atom stereocenters. The summed E-state index contributed by atoms with van der Waals surface area (Å²) in [5.41, 5.74) is 5.14. The van der Waals surface area contributed by atoms with E-state index < -0.39 is 25.2 Å². The fraction of sp³-hybridized carbons (Fsp3) is 0.615. The van der Waals surface area contributed by atoms with Crippen LogP contribution in [0.1, 0.15) is 141 Å². The predicted molar refractivity (Wildman–Crippen MR) is 195 cm³/mol. The Morgan fingerprint density at radius 2 is 1.15 bits per heavy atom. The maximum absolute atomic E-state index is 14.5. The van der Waals surface area contributed by atoms with Crippen LogP contribution in [-0.4, -0.2) is 33.3 Å². The number of allylic oxidation sites excluding steroid dienone is 1. The van der Waals surface area contributed by atoms with Crippen LogP contribution in [0.25, 0.3) is 5.57 Å². The van der Waals surface area contributed by atoms with Crippen LogP contribution in [0.15, 0.2) is 36.4 Å². The number of ether oxygens (including phenoxy) is 2. The molecule has 0 saturated heterocycles. The number of benzene rings is 2. The molecule has 0 radical (unpaired) electrons. The van der Waals surface area contributed by atoms with Crippen LogP contribution in [-0.2, 0) is 13.5 Å². The van der Waals surface area contributed by atoms with Gasteiger partial charge in [-0.3, -0.25) is 0 Å². The van der Waals surface area contributed by atoms with E-state index in [-0.39, 0.29) is 17.8 Å². The average Bonchev–Trinajstić information content (AvgIpc) is 3.42. The Morgan fingerprint density at radius 3 is 1.57 bits per heavy atom. The monoisotopic (exact) mass is 794 g/mol. The van der Waals surface area contributed by atoms with E-state index in [1.807, 2.05) is 27.7 Å². The normalized spacial score (nSPS) is 19.9. The molecule has 47 heavy (non-hydrogen) atoms. The fourth-order valence-electron chi connectivity index (χ4n) is 8.10. The SMILES string of the molecule is C1CCC(P(C2CCCCC2)C2CCCCC2)CC1.CC(C)Oc1cc(OC(C)C)c2c(c1)C(c1c(F)cccc1F)=C[C]2=[Ru]([Cl])[Cl]. The molecule has 2 aromatic rings. The van der Waals surface area contributed by atoms with Crippen LogP contribution in [0.2, 0.25) is 0 Å². The maximum atomic E-state index is 14.5. The summed E-state index contributed by atoms with van der Waals surface area (Å²) in [6, 6.07) is 7.33. The second-order valence-electron chi connectivity index (χ2n) is 14.2. The van der Waals surface area contributed by atoms with Gasteiger partial charge in [0.05, 0.1) is 0 Å². The minimum absolute atomic E-state index is 0.0732. The summed E-state index contributed by atoms with van der Waals surface area (Å²) < 4.78 is 41.6. The molecule has 8 heteroatoms. The van der Waals surface area contributed by atoms with Gasteiger partial charge in [0, 0.05) is 0 Å². The summed E-state index contributed by atoms with van der Waals surface area (Å²) in [5.74, 6) is -0.206. The molecule has 0 spiro atoms. The third-order valence-corrected chi connectivity index (χ3v) is 17.1. The Balaban J connectivity index is 0.000000198. The van der Waals surface area contributed by atoms with E-state index in [0.29, 0.717) is 40.2 Å². The van der Waals surface area contributed by atoms with Crippen molar-refractivity contribution >= 4 is 37.0 Å². The van der Waals surface area contributed by atoms with Crippen molar-refractivity contribution in [3.63, 3.8) is 0 Å². The molecule has 3 fully saturated rings. The number of fused-ring (bicyclic) bond motifs is 1. The summed E-state index contributed by atoms with van der Waals surface area (Å²) in [7, 11) is 13.0. The number of hydrogen-bond acceptors (Lipinski definition) is 2. The van der Waals surface area contributed by atoms with E-state index in [1.54, 1.807) is 95.3 Å². The first-order chi connectivity index (χ1) is 22.6. The van der Waals surface area contributed by atoms with Gasteiger partial charge in [0.1, 0.15) is 0 Å². The molecule has 0 bridgehead atoms. The standard InChI is InChI=1S/C21H20F2O2.C18H33P.2ClH.Ru/c1-12(2)24-14-10-17-15(20(11-14)25-13(3)4)8-9-16(17)21-18(22)6-5-7-19(21)23;1-4-10-16(11-5-1)19(17-12-6-2-7-13-17)18-14-8-3-9-15-18;;;/h5-7,9-13H,1-4H3;16-18H,1-15H2;2*1H;/q;;;;+2/p-2. The van der Waals surface area contributed by atoms with Gasteiger partial charge in [0.15, 0.2) is 0 Å². The first-order valence-electron chi connectivity index (χ1n) is 18.0. The molecular formula is C39H53Cl2F2O2PRu. The quantitative estimate of drug-likeness (QED) is 0.196. The van der Waals surface area contributed by atoms with Crippen LogP contribution in [0.4, 0.5) is 8.78 Å². The first kappa shape index (κ1) is 37.4. The topological polar surface area (TPSA) is 18.5 Å². The van der Waals surface area contributed by atoms with E-state index in [4.69, 9.17) is 28.9 Å². The second-order valence-corrected chi connectivity index (χ2v) is 23.1. The second kappa shape index (κ2) is 17.9. The molecule has 4 aliphatic rings. The fourth-order valence-corrected chi connectivity index (χ4v) is 15.2. The summed E-state index contributed by atoms with van der Waals surface area (Å²) in [4.78, 5) is 0. The van der Waals surface area contributed by atoms with Gasteiger partial charge in [-0.15, -0.1) is 0 Å². The van der Waals surface area contributed by atoms with E-state index in [0.717, 1.165) is 0 Å². The van der Waals surface area contributed by atoms with Gasteiger partial charge < -0.3 is 0 Å². The first-order valence-corrected chi connectivity index (χ1v) is 24.9. The zero-order chi connectivity index (χ0) is 33.5. The average molecular weight is 795 g/mol. The molecule has 0 amide bonds. The summed E-state index contributed by atoms with van der Waals surface area (Å²) in [6.45, 7) is 7.61. The molecule has 0 aromatic heterocycles. The van der Waals surface area contributed by atoms with Gasteiger partial charge in [-0.05, 0) is 55.5 Å². The molecule has 262 valence electrons. The van der Waals surface area contributed by atoms with Crippen LogP contribution < -0.4 is 9.47 Å². The molecule has 4 aliphatic carbocycles. The third-order valence-electron chi connectivity index (χ3n) is 9.97. The van der Waals surface area contributed by atoms with Crippen LogP contribution >= 0.6 is 27.3 Å². The van der Waals surface area contributed by atoms with E-state index in [1.165, 1.54) is 54.4 Å². The molecule has 0 aliphatic heterocycles. The molecule has 6 rings (SSSR count). The number of rotatable bonds is 8. The van der Waals surface area contributed by atoms with Crippen LogP contribution in [0, 0.1) is 11.6 Å². The summed E-state index contributed by atoms with van der Waals surface area (Å²) in [5, 5.41) is 0. The van der Waals surface area contributed by atoms with E-state index in [2.05, 4.69) is 0 Å². The van der Waals surface area contributed by atoms with Crippen molar-refractivity contribution in [3.05, 3.63) is 64.7 Å². The van der Waals surface area contributed by atoms with Gasteiger partial charge in [-0.25, -0.2) is 0 Å². The number of halogens is 4. The van der Waals surface area contributed by atoms with Gasteiger partial charge >= 0.3 is 177 Å². The number of hydrogen-bond donors (Lipinski definition) is 0. The van der Waals surface area contributed by atoms with Crippen molar-refractivity contribution in [2.75, 3.05) is 0 Å². The Bertz CT molecular complexity index is 1340. The molecule has 0 unspecified atom stereocenters. The molecule has 3 saturated carbocycles. The van der Waals surface area contributed by atoms with Gasteiger partial charge in [0.2, 0.25) is 0 Å². The molecule has 2 nitrogen and oxygen atoms in total. The third kappa shape index (κ3) is 9.69. The van der Waals surface area contributed by atoms with Crippen molar-refractivity contribution in [2.45, 2.75) is 153 Å². The molecule has 0 heterocycles. The minimum atomic E-state index is -2.40. The van der Waals surface area contributed by atoms with Gasteiger partial charge in [-0.2, -0.15) is 0 Å². The van der Waals surface area contributed by atoms with Gasteiger partial charge in [-0.1, -0.05) is 65.7 Å². The Hall–Kier alpha value is -0.857. The van der Waals surface area contributed by atoms with E-state index >= 15 is 0 Å². The molecular weight excluding hydrogens is 741 g/mol. The Kier molecular flexibility index (Phi) is 14.2. The van der Waals surface area contributed by atoms with Gasteiger partial charge in [0.25, 0.3) is 0 Å². The predicted octanol–water partition coefficient (Wildman–Crippen LogP) is 12.9. The zero-order valence-electron chi connectivity index (χ0n) is 28.6. The van der Waals surface area contributed by atoms with Crippen molar-refractivity contribution in [1.82, 2.24) is 0 Å². The Morgan fingerprint density at radius 1 is 0.681 bits per heavy atom. The Labute approximate surface area is 296 Å². The van der Waals surface area contributed by atoms with Crippen molar-refractivity contribution < 1.29 is 31.8 Å². The van der Waals surface area contributed by atoms with Crippen LogP contribution in [0.3, 0.4) is 0 Å². The van der Waals surface area contributed by atoms with Crippen molar-refractivity contribution in [2.24, 2.45) is 0 Å². The van der Waals surface area contributed by atoms with Crippen LogP contribution in [0.5, 0.6) is 11.5 Å². The summed E-state index contributed by atoms with van der Waals surface area (Å²) >= 11 is -2.40. The van der Waals surface area contributed by atoms with Crippen molar-refractivity contribution in [1.29, 1.82) is 0 Å². The molecule has 0 N–H and O–H groups in total. The van der Waals surface area contributed by atoms with Crippen molar-refractivity contribution in [3.8, 4) is 11.5 Å². The summed E-state index contributed by atoms with van der Waals surface area (Å²) in [6.07, 6.45) is 25.1.